The van der Waals surface area contributed by atoms with Crippen LogP contribution in [0.2, 0.25) is 0 Å². The van der Waals surface area contributed by atoms with E-state index < -0.39 is 11.9 Å². The minimum atomic E-state index is -1.82. The summed E-state index contributed by atoms with van der Waals surface area (Å²) in [5.41, 5.74) is 0.924. The van der Waals surface area contributed by atoms with Gasteiger partial charge in [-0.15, -0.1) is 0 Å². The molecule has 0 amide bonds. The van der Waals surface area contributed by atoms with Crippen LogP contribution in [0.1, 0.15) is 5.56 Å². The molecule has 1 aromatic rings. The number of aromatic hydroxyl groups is 1. The van der Waals surface area contributed by atoms with Crippen molar-refractivity contribution in [3.8, 4) is 5.75 Å². The number of hydrogen-bond donors (Lipinski definition) is 3. The normalized spacial score (nSPS) is 8.36. The van der Waals surface area contributed by atoms with E-state index in [1.54, 1.807) is 6.07 Å². The molecule has 0 aliphatic heterocycles. The molecule has 5 nitrogen and oxygen atoms in total. The Balaban J connectivity index is 0.000000255. The van der Waals surface area contributed by atoms with Crippen molar-refractivity contribution in [3.05, 3.63) is 29.8 Å². The molecule has 1 rings (SSSR count). The maximum atomic E-state index is 9.10. The summed E-state index contributed by atoms with van der Waals surface area (Å²) in [6.45, 7) is 1.87. The first kappa shape index (κ1) is 12.0. The summed E-state index contributed by atoms with van der Waals surface area (Å²) >= 11 is 0. The fraction of sp³-hybridized carbons (Fsp3) is 0.111. The quantitative estimate of drug-likeness (QED) is 0.537. The summed E-state index contributed by atoms with van der Waals surface area (Å²) < 4.78 is 0. The van der Waals surface area contributed by atoms with Gasteiger partial charge in [0, 0.05) is 0 Å². The molecule has 0 bridgehead atoms. The SMILES string of the molecule is Cc1ccccc1O.O=C(O)C(=O)O. The van der Waals surface area contributed by atoms with Crippen molar-refractivity contribution in [3.63, 3.8) is 0 Å². The Kier molecular flexibility index (Phi) is 4.77. The maximum Gasteiger partial charge on any atom is 0.414 e. The van der Waals surface area contributed by atoms with Gasteiger partial charge < -0.3 is 15.3 Å². The average molecular weight is 198 g/mol. The van der Waals surface area contributed by atoms with Crippen LogP contribution in [0.5, 0.6) is 5.75 Å². The fourth-order valence-electron chi connectivity index (χ4n) is 0.563. The molecule has 5 heteroatoms. The number of rotatable bonds is 0. The minimum absolute atomic E-state index is 0.368. The number of aliphatic carboxylic acids is 2. The molecule has 0 atom stereocenters. The number of phenolic OH excluding ortho intramolecular Hbond substituents is 1. The van der Waals surface area contributed by atoms with Crippen molar-refractivity contribution in [2.24, 2.45) is 0 Å². The van der Waals surface area contributed by atoms with E-state index in [4.69, 9.17) is 24.9 Å². The monoisotopic (exact) mass is 198 g/mol. The number of para-hydroxylation sites is 1. The van der Waals surface area contributed by atoms with Crippen LogP contribution in [0.4, 0.5) is 0 Å². The summed E-state index contributed by atoms with van der Waals surface area (Å²) in [5.74, 6) is -3.28. The van der Waals surface area contributed by atoms with Crippen LogP contribution >= 0.6 is 0 Å². The van der Waals surface area contributed by atoms with Gasteiger partial charge in [0.1, 0.15) is 5.75 Å². The molecule has 0 aliphatic carbocycles. The standard InChI is InChI=1S/C7H8O.C2H2O4/c1-6-4-2-3-5-7(6)8;3-1(4)2(5)6/h2-5,8H,1H3;(H,3,4)(H,5,6). The molecule has 76 valence electrons. The van der Waals surface area contributed by atoms with Crippen LogP contribution in [0, 0.1) is 6.92 Å². The molecule has 0 heterocycles. The molecule has 3 N–H and O–H groups in total. The zero-order valence-corrected chi connectivity index (χ0v) is 7.47. The first-order valence-electron chi connectivity index (χ1n) is 3.66. The Bertz CT molecular complexity index is 299. The molecule has 0 fully saturated rings. The number of carboxylic acids is 2. The molecule has 0 saturated heterocycles. The van der Waals surface area contributed by atoms with E-state index in [1.165, 1.54) is 0 Å². The molecule has 0 saturated carbocycles. The highest BCUT2D eigenvalue weighted by molar-refractivity contribution is 6.27. The van der Waals surface area contributed by atoms with Crippen LogP contribution in [-0.4, -0.2) is 27.3 Å². The fourth-order valence-corrected chi connectivity index (χ4v) is 0.563. The largest absolute Gasteiger partial charge is 0.508 e. The molecule has 1 aromatic carbocycles. The number of carbonyl (C=O) groups is 2. The van der Waals surface area contributed by atoms with Gasteiger partial charge in [0.2, 0.25) is 0 Å². The zero-order valence-electron chi connectivity index (χ0n) is 7.47. The Labute approximate surface area is 80.2 Å². The number of benzene rings is 1. The van der Waals surface area contributed by atoms with Gasteiger partial charge in [0.05, 0.1) is 0 Å². The van der Waals surface area contributed by atoms with E-state index >= 15 is 0 Å². The van der Waals surface area contributed by atoms with Crippen molar-refractivity contribution in [1.82, 2.24) is 0 Å². The van der Waals surface area contributed by atoms with E-state index in [0.29, 0.717) is 5.75 Å². The lowest BCUT2D eigenvalue weighted by atomic mass is 10.2. The molecular weight excluding hydrogens is 188 g/mol. The van der Waals surface area contributed by atoms with Gasteiger partial charge >= 0.3 is 11.9 Å². The molecular formula is C9H10O5. The first-order chi connectivity index (χ1) is 6.45. The number of aryl methyl sites for hydroxylation is 1. The van der Waals surface area contributed by atoms with Crippen molar-refractivity contribution in [2.75, 3.05) is 0 Å². The topological polar surface area (TPSA) is 94.8 Å². The van der Waals surface area contributed by atoms with E-state index in [0.717, 1.165) is 5.56 Å². The highest BCUT2D eigenvalue weighted by Gasteiger charge is 2.04. The Morgan fingerprint density at radius 2 is 1.50 bits per heavy atom. The van der Waals surface area contributed by atoms with Crippen molar-refractivity contribution in [1.29, 1.82) is 0 Å². The number of carboxylic acid groups (broad SMARTS) is 2. The number of phenols is 1. The van der Waals surface area contributed by atoms with E-state index in [9.17, 15) is 0 Å². The van der Waals surface area contributed by atoms with Gasteiger partial charge in [-0.3, -0.25) is 0 Å². The highest BCUT2D eigenvalue weighted by Crippen LogP contribution is 2.12. The molecule has 0 aromatic heterocycles. The minimum Gasteiger partial charge on any atom is -0.508 e. The highest BCUT2D eigenvalue weighted by atomic mass is 16.4. The van der Waals surface area contributed by atoms with Crippen LogP contribution in [0.25, 0.3) is 0 Å². The van der Waals surface area contributed by atoms with Crippen LogP contribution < -0.4 is 0 Å². The first-order valence-corrected chi connectivity index (χ1v) is 3.66. The summed E-state index contributed by atoms with van der Waals surface area (Å²) in [4.78, 5) is 18.2. The van der Waals surface area contributed by atoms with Crippen molar-refractivity contribution in [2.45, 2.75) is 6.92 Å². The average Bonchev–Trinajstić information content (AvgIpc) is 2.11. The van der Waals surface area contributed by atoms with Crippen LogP contribution in [0.3, 0.4) is 0 Å². The van der Waals surface area contributed by atoms with Crippen LogP contribution in [-0.2, 0) is 9.59 Å². The molecule has 0 spiro atoms. The molecule has 0 unspecified atom stereocenters. The second-order valence-corrected chi connectivity index (χ2v) is 2.40. The lowest BCUT2D eigenvalue weighted by molar-refractivity contribution is -0.159. The third kappa shape index (κ3) is 4.76. The summed E-state index contributed by atoms with van der Waals surface area (Å²) in [5, 5.41) is 23.7. The Hall–Kier alpha value is -2.04. The van der Waals surface area contributed by atoms with Crippen LogP contribution in [0.15, 0.2) is 24.3 Å². The third-order valence-electron chi connectivity index (χ3n) is 1.30. The second kappa shape index (κ2) is 5.58. The van der Waals surface area contributed by atoms with E-state index in [2.05, 4.69) is 0 Å². The molecule has 0 aliphatic rings. The predicted octanol–water partition coefficient (Wildman–Crippen LogP) is 0.856. The molecule has 14 heavy (non-hydrogen) atoms. The second-order valence-electron chi connectivity index (χ2n) is 2.40. The maximum absolute atomic E-state index is 9.10. The van der Waals surface area contributed by atoms with Crippen molar-refractivity contribution >= 4 is 11.9 Å². The van der Waals surface area contributed by atoms with Gasteiger partial charge in [0.15, 0.2) is 0 Å². The summed E-state index contributed by atoms with van der Waals surface area (Å²) in [6, 6.07) is 7.25. The molecule has 0 radical (unpaired) electrons. The van der Waals surface area contributed by atoms with Gasteiger partial charge in [-0.2, -0.15) is 0 Å². The zero-order chi connectivity index (χ0) is 11.1. The Morgan fingerprint density at radius 1 is 1.07 bits per heavy atom. The lowest BCUT2D eigenvalue weighted by Crippen LogP contribution is -2.09. The predicted molar refractivity (Wildman–Crippen MR) is 48.1 cm³/mol. The van der Waals surface area contributed by atoms with E-state index in [-0.39, 0.29) is 0 Å². The van der Waals surface area contributed by atoms with Gasteiger partial charge in [-0.1, -0.05) is 18.2 Å². The van der Waals surface area contributed by atoms with E-state index in [1.807, 2.05) is 25.1 Å². The summed E-state index contributed by atoms with van der Waals surface area (Å²) in [7, 11) is 0. The van der Waals surface area contributed by atoms with Gasteiger partial charge in [0.25, 0.3) is 0 Å². The lowest BCUT2D eigenvalue weighted by Gasteiger charge is -1.92. The van der Waals surface area contributed by atoms with Gasteiger partial charge in [-0.25, -0.2) is 9.59 Å². The Morgan fingerprint density at radius 3 is 1.71 bits per heavy atom. The smallest absolute Gasteiger partial charge is 0.414 e. The number of hydrogen-bond acceptors (Lipinski definition) is 3. The third-order valence-corrected chi connectivity index (χ3v) is 1.30. The summed E-state index contributed by atoms with van der Waals surface area (Å²) in [6.07, 6.45) is 0. The van der Waals surface area contributed by atoms with Crippen molar-refractivity contribution < 1.29 is 24.9 Å². The van der Waals surface area contributed by atoms with Gasteiger partial charge in [-0.05, 0) is 18.6 Å².